The summed E-state index contributed by atoms with van der Waals surface area (Å²) in [6.45, 7) is 7.38. The Morgan fingerprint density at radius 3 is 1.50 bits per heavy atom. The molecule has 0 nitrogen and oxygen atoms in total. The first-order valence-corrected chi connectivity index (χ1v) is 9.68. The molecule has 2 saturated carbocycles. The Morgan fingerprint density at radius 2 is 1.10 bits per heavy atom. The first kappa shape index (κ1) is 16.4. The Labute approximate surface area is 128 Å². The van der Waals surface area contributed by atoms with Crippen LogP contribution in [0.2, 0.25) is 0 Å². The summed E-state index contributed by atoms with van der Waals surface area (Å²) >= 11 is 0. The highest BCUT2D eigenvalue weighted by molar-refractivity contribution is 4.84. The molecular weight excluding hydrogens is 240 g/mol. The van der Waals surface area contributed by atoms with E-state index in [2.05, 4.69) is 20.8 Å². The van der Waals surface area contributed by atoms with Gasteiger partial charge in [-0.25, -0.2) is 0 Å². The molecular formula is C20H38. The van der Waals surface area contributed by atoms with Crippen molar-refractivity contribution < 1.29 is 0 Å². The first-order chi connectivity index (χ1) is 9.68. The van der Waals surface area contributed by atoms with E-state index >= 15 is 0 Å². The van der Waals surface area contributed by atoms with Crippen LogP contribution in [-0.2, 0) is 0 Å². The molecule has 2 fully saturated rings. The normalized spacial score (nSPS) is 24.4. The highest BCUT2D eigenvalue weighted by Gasteiger charge is 2.34. The maximum Gasteiger partial charge on any atom is -0.0332 e. The van der Waals surface area contributed by atoms with Crippen molar-refractivity contribution in [3.8, 4) is 0 Å². The molecule has 0 amide bonds. The quantitative estimate of drug-likeness (QED) is 0.499. The van der Waals surface area contributed by atoms with Gasteiger partial charge in [0.2, 0.25) is 0 Å². The Bertz CT molecular complexity index is 225. The lowest BCUT2D eigenvalue weighted by atomic mass is 9.64. The lowest BCUT2D eigenvalue weighted by molar-refractivity contribution is 0.0875. The number of rotatable bonds is 6. The van der Waals surface area contributed by atoms with Gasteiger partial charge in [-0.2, -0.15) is 0 Å². The highest BCUT2D eigenvalue weighted by atomic mass is 14.4. The molecule has 0 heterocycles. The maximum absolute atomic E-state index is 2.59. The fourth-order valence-electron chi connectivity index (χ4n) is 5.14. The van der Waals surface area contributed by atoms with Gasteiger partial charge in [0.05, 0.1) is 0 Å². The smallest absolute Gasteiger partial charge is 0.0332 e. The Balaban J connectivity index is 1.97. The van der Waals surface area contributed by atoms with Crippen LogP contribution in [0.3, 0.4) is 0 Å². The van der Waals surface area contributed by atoms with E-state index < -0.39 is 0 Å². The average Bonchev–Trinajstić information content (AvgIpc) is 2.48. The van der Waals surface area contributed by atoms with E-state index in [1.54, 1.807) is 25.7 Å². The van der Waals surface area contributed by atoms with Gasteiger partial charge in [-0.1, -0.05) is 97.8 Å². The second-order valence-electron chi connectivity index (χ2n) is 8.32. The van der Waals surface area contributed by atoms with Gasteiger partial charge in [-0.05, 0) is 29.6 Å². The van der Waals surface area contributed by atoms with Gasteiger partial charge in [-0.15, -0.1) is 0 Å². The monoisotopic (exact) mass is 278 g/mol. The summed E-state index contributed by atoms with van der Waals surface area (Å²) in [6, 6.07) is 0. The van der Waals surface area contributed by atoms with E-state index in [0.29, 0.717) is 0 Å². The summed E-state index contributed by atoms with van der Waals surface area (Å²) in [7, 11) is 0. The topological polar surface area (TPSA) is 0 Å². The predicted molar refractivity (Wildman–Crippen MR) is 89.9 cm³/mol. The van der Waals surface area contributed by atoms with Crippen molar-refractivity contribution in [3.05, 3.63) is 0 Å². The van der Waals surface area contributed by atoms with Crippen LogP contribution < -0.4 is 0 Å². The van der Waals surface area contributed by atoms with E-state index in [1.165, 1.54) is 51.4 Å². The Kier molecular flexibility index (Phi) is 6.91. The van der Waals surface area contributed by atoms with Crippen LogP contribution in [0.5, 0.6) is 0 Å². The minimum atomic E-state index is 0.885. The summed E-state index contributed by atoms with van der Waals surface area (Å²) in [6.07, 6.45) is 18.2. The third-order valence-corrected chi connectivity index (χ3v) is 6.24. The van der Waals surface area contributed by atoms with Crippen molar-refractivity contribution in [2.45, 2.75) is 97.8 Å². The summed E-state index contributed by atoms with van der Waals surface area (Å²) in [5.74, 6) is 5.08. The van der Waals surface area contributed by atoms with Gasteiger partial charge in [0.15, 0.2) is 0 Å². The minimum absolute atomic E-state index is 0.885. The zero-order valence-electron chi connectivity index (χ0n) is 14.4. The van der Waals surface area contributed by atoms with E-state index in [9.17, 15) is 0 Å². The molecule has 0 N–H and O–H groups in total. The van der Waals surface area contributed by atoms with Crippen LogP contribution in [0.15, 0.2) is 0 Å². The third kappa shape index (κ3) is 4.78. The fraction of sp³-hybridized carbons (Fsp3) is 1.00. The number of hydrogen-bond donors (Lipinski definition) is 0. The molecule has 0 aromatic heterocycles. The molecule has 0 saturated heterocycles. The molecule has 0 radical (unpaired) electrons. The van der Waals surface area contributed by atoms with Crippen LogP contribution in [0.25, 0.3) is 0 Å². The van der Waals surface area contributed by atoms with Crippen molar-refractivity contribution in [2.75, 3.05) is 0 Å². The summed E-state index contributed by atoms with van der Waals surface area (Å²) in [5, 5.41) is 0. The predicted octanol–water partition coefficient (Wildman–Crippen LogP) is 6.84. The van der Waals surface area contributed by atoms with Gasteiger partial charge >= 0.3 is 0 Å². The molecule has 20 heavy (non-hydrogen) atoms. The molecule has 0 aromatic carbocycles. The lowest BCUT2D eigenvalue weighted by Crippen LogP contribution is -2.32. The summed E-state index contributed by atoms with van der Waals surface area (Å²) < 4.78 is 0. The van der Waals surface area contributed by atoms with E-state index in [1.807, 2.05) is 0 Å². The molecule has 2 rings (SSSR count). The second-order valence-corrected chi connectivity index (χ2v) is 8.32. The van der Waals surface area contributed by atoms with Gasteiger partial charge in [-0.3, -0.25) is 0 Å². The molecule has 118 valence electrons. The number of hydrogen-bond acceptors (Lipinski definition) is 0. The zero-order chi connectivity index (χ0) is 14.4. The van der Waals surface area contributed by atoms with Crippen LogP contribution >= 0.6 is 0 Å². The van der Waals surface area contributed by atoms with Crippen molar-refractivity contribution in [1.29, 1.82) is 0 Å². The molecule has 2 aliphatic rings. The van der Waals surface area contributed by atoms with Crippen LogP contribution in [0.1, 0.15) is 97.8 Å². The van der Waals surface area contributed by atoms with Crippen molar-refractivity contribution in [3.63, 3.8) is 0 Å². The standard InChI is InChI=1S/C20H38/c1-16(2)14-15-17(3)20(18-10-6-4-7-11-18)19-12-8-5-9-13-19/h16-20H,4-15H2,1-3H3. The zero-order valence-corrected chi connectivity index (χ0v) is 14.4. The molecule has 0 aromatic rings. The molecule has 2 aliphatic carbocycles. The molecule has 0 heteroatoms. The second kappa shape index (κ2) is 8.44. The van der Waals surface area contributed by atoms with E-state index in [4.69, 9.17) is 0 Å². The Hall–Kier alpha value is 0. The largest absolute Gasteiger partial charge is 0.0628 e. The molecule has 1 unspecified atom stereocenters. The van der Waals surface area contributed by atoms with E-state index in [-0.39, 0.29) is 0 Å². The average molecular weight is 279 g/mol. The fourth-order valence-corrected chi connectivity index (χ4v) is 5.14. The lowest BCUT2D eigenvalue weighted by Gasteiger charge is -2.41. The van der Waals surface area contributed by atoms with Gasteiger partial charge in [0.25, 0.3) is 0 Å². The van der Waals surface area contributed by atoms with Gasteiger partial charge < -0.3 is 0 Å². The summed E-state index contributed by atoms with van der Waals surface area (Å²) in [5.41, 5.74) is 0. The molecule has 0 bridgehead atoms. The molecule has 0 aliphatic heterocycles. The third-order valence-electron chi connectivity index (χ3n) is 6.24. The maximum atomic E-state index is 2.59. The summed E-state index contributed by atoms with van der Waals surface area (Å²) in [4.78, 5) is 0. The van der Waals surface area contributed by atoms with Crippen LogP contribution in [0.4, 0.5) is 0 Å². The highest BCUT2D eigenvalue weighted by Crippen LogP contribution is 2.44. The van der Waals surface area contributed by atoms with Gasteiger partial charge in [0, 0.05) is 0 Å². The van der Waals surface area contributed by atoms with Gasteiger partial charge in [0.1, 0.15) is 0 Å². The van der Waals surface area contributed by atoms with Crippen LogP contribution in [-0.4, -0.2) is 0 Å². The minimum Gasteiger partial charge on any atom is -0.0628 e. The van der Waals surface area contributed by atoms with Crippen molar-refractivity contribution in [2.24, 2.45) is 29.6 Å². The molecule has 0 spiro atoms. The molecule has 1 atom stereocenters. The SMILES string of the molecule is CC(C)CCC(C)C(C1CCCCC1)C1CCCCC1. The van der Waals surface area contributed by atoms with Crippen molar-refractivity contribution >= 4 is 0 Å². The first-order valence-electron chi connectivity index (χ1n) is 9.68. The van der Waals surface area contributed by atoms with E-state index in [0.717, 1.165) is 29.6 Å². The van der Waals surface area contributed by atoms with Crippen LogP contribution in [0, 0.1) is 29.6 Å². The Morgan fingerprint density at radius 1 is 0.650 bits per heavy atom. The van der Waals surface area contributed by atoms with Crippen molar-refractivity contribution in [1.82, 2.24) is 0 Å².